The van der Waals surface area contributed by atoms with Gasteiger partial charge in [-0.2, -0.15) is 0 Å². The molecule has 0 fully saturated rings. The summed E-state index contributed by atoms with van der Waals surface area (Å²) in [6, 6.07) is 7.56. The third-order valence-electron chi connectivity index (χ3n) is 2.81. The molecule has 0 aromatic heterocycles. The SMILES string of the molecule is CCCCCC(Sc1ccc(OC)cc1)C(=O)NO. The number of amides is 1. The zero-order valence-electron chi connectivity index (χ0n) is 11.4. The van der Waals surface area contributed by atoms with Crippen molar-refractivity contribution in [3.8, 4) is 5.75 Å². The second-order valence-electron chi connectivity index (χ2n) is 4.25. The molecule has 0 heterocycles. The van der Waals surface area contributed by atoms with Crippen LogP contribution < -0.4 is 10.2 Å². The Balaban J connectivity index is 2.61. The van der Waals surface area contributed by atoms with Crippen molar-refractivity contribution in [1.82, 2.24) is 5.48 Å². The number of hydrogen-bond donors (Lipinski definition) is 2. The lowest BCUT2D eigenvalue weighted by Gasteiger charge is -2.14. The van der Waals surface area contributed by atoms with Gasteiger partial charge in [-0.1, -0.05) is 26.2 Å². The predicted octanol–water partition coefficient (Wildman–Crippen LogP) is 3.24. The Labute approximate surface area is 118 Å². The minimum atomic E-state index is -0.336. The van der Waals surface area contributed by atoms with Gasteiger partial charge in [-0.15, -0.1) is 11.8 Å². The Bertz CT molecular complexity index is 381. The number of benzene rings is 1. The summed E-state index contributed by atoms with van der Waals surface area (Å²) < 4.78 is 5.09. The molecule has 0 aliphatic rings. The summed E-state index contributed by atoms with van der Waals surface area (Å²) >= 11 is 1.46. The molecule has 1 aromatic carbocycles. The number of ether oxygens (including phenoxy) is 1. The standard InChI is InChI=1S/C14H21NO3S/c1-3-4-5-6-13(14(16)15-17)19-12-9-7-11(18-2)8-10-12/h7-10,13,17H,3-6H2,1-2H3,(H,15,16). The van der Waals surface area contributed by atoms with Gasteiger partial charge in [-0.05, 0) is 30.7 Å². The number of unbranched alkanes of at least 4 members (excludes halogenated alkanes) is 2. The molecule has 1 amide bonds. The van der Waals surface area contributed by atoms with Gasteiger partial charge in [0, 0.05) is 4.90 Å². The van der Waals surface area contributed by atoms with E-state index in [1.54, 1.807) is 12.6 Å². The van der Waals surface area contributed by atoms with Crippen LogP contribution in [-0.4, -0.2) is 23.5 Å². The van der Waals surface area contributed by atoms with Crippen molar-refractivity contribution in [2.75, 3.05) is 7.11 Å². The van der Waals surface area contributed by atoms with Gasteiger partial charge in [0.2, 0.25) is 0 Å². The Morgan fingerprint density at radius 1 is 1.37 bits per heavy atom. The molecule has 19 heavy (non-hydrogen) atoms. The van der Waals surface area contributed by atoms with Crippen molar-refractivity contribution >= 4 is 17.7 Å². The van der Waals surface area contributed by atoms with Crippen molar-refractivity contribution in [1.29, 1.82) is 0 Å². The zero-order valence-corrected chi connectivity index (χ0v) is 12.2. The monoisotopic (exact) mass is 283 g/mol. The van der Waals surface area contributed by atoms with Crippen molar-refractivity contribution in [3.63, 3.8) is 0 Å². The largest absolute Gasteiger partial charge is 0.497 e. The molecule has 0 bridgehead atoms. The van der Waals surface area contributed by atoms with Crippen LogP contribution in [0.15, 0.2) is 29.2 Å². The summed E-state index contributed by atoms with van der Waals surface area (Å²) in [6.45, 7) is 2.12. The first-order chi connectivity index (χ1) is 9.21. The topological polar surface area (TPSA) is 58.6 Å². The number of methoxy groups -OCH3 is 1. The van der Waals surface area contributed by atoms with Crippen LogP contribution in [0.4, 0.5) is 0 Å². The average Bonchev–Trinajstić information content (AvgIpc) is 2.46. The zero-order chi connectivity index (χ0) is 14.1. The lowest BCUT2D eigenvalue weighted by Crippen LogP contribution is -2.30. The number of carbonyl (C=O) groups is 1. The summed E-state index contributed by atoms with van der Waals surface area (Å²) in [5.74, 6) is 0.454. The van der Waals surface area contributed by atoms with E-state index >= 15 is 0 Å². The van der Waals surface area contributed by atoms with Gasteiger partial charge in [-0.3, -0.25) is 10.0 Å². The Hall–Kier alpha value is -1.20. The van der Waals surface area contributed by atoms with Crippen LogP contribution in [0, 0.1) is 0 Å². The van der Waals surface area contributed by atoms with Gasteiger partial charge in [0.1, 0.15) is 5.75 Å². The fourth-order valence-electron chi connectivity index (χ4n) is 1.71. The van der Waals surface area contributed by atoms with Crippen LogP contribution >= 0.6 is 11.8 Å². The second-order valence-corrected chi connectivity index (χ2v) is 5.53. The summed E-state index contributed by atoms with van der Waals surface area (Å²) in [5.41, 5.74) is 1.75. The van der Waals surface area contributed by atoms with E-state index in [0.29, 0.717) is 0 Å². The molecular weight excluding hydrogens is 262 g/mol. The van der Waals surface area contributed by atoms with E-state index in [9.17, 15) is 4.79 Å². The first-order valence-electron chi connectivity index (χ1n) is 6.46. The van der Waals surface area contributed by atoms with E-state index in [0.717, 1.165) is 36.3 Å². The normalized spacial score (nSPS) is 11.9. The Morgan fingerprint density at radius 2 is 2.05 bits per heavy atom. The first-order valence-corrected chi connectivity index (χ1v) is 7.33. The van der Waals surface area contributed by atoms with E-state index < -0.39 is 0 Å². The van der Waals surface area contributed by atoms with E-state index in [1.807, 2.05) is 24.3 Å². The Kier molecular flexibility index (Phi) is 7.36. The van der Waals surface area contributed by atoms with Crippen LogP contribution in [0.25, 0.3) is 0 Å². The van der Waals surface area contributed by atoms with Gasteiger partial charge in [0.25, 0.3) is 5.91 Å². The fourth-order valence-corrected chi connectivity index (χ4v) is 2.78. The highest BCUT2D eigenvalue weighted by atomic mass is 32.2. The van der Waals surface area contributed by atoms with Gasteiger partial charge >= 0.3 is 0 Å². The van der Waals surface area contributed by atoms with Crippen molar-refractivity contribution in [3.05, 3.63) is 24.3 Å². The number of carbonyl (C=O) groups excluding carboxylic acids is 1. The molecule has 0 aliphatic carbocycles. The molecule has 0 spiro atoms. The van der Waals surface area contributed by atoms with Gasteiger partial charge in [0.15, 0.2) is 0 Å². The summed E-state index contributed by atoms with van der Waals surface area (Å²) in [7, 11) is 1.62. The summed E-state index contributed by atoms with van der Waals surface area (Å²) in [6.07, 6.45) is 3.95. The molecule has 2 N–H and O–H groups in total. The van der Waals surface area contributed by atoms with Gasteiger partial charge < -0.3 is 4.74 Å². The number of nitrogens with one attached hydrogen (secondary N) is 1. The van der Waals surface area contributed by atoms with Crippen molar-refractivity contribution in [2.24, 2.45) is 0 Å². The molecule has 1 atom stereocenters. The molecule has 0 saturated heterocycles. The maximum atomic E-state index is 11.6. The minimum absolute atomic E-state index is 0.259. The molecule has 1 aromatic rings. The lowest BCUT2D eigenvalue weighted by molar-refractivity contribution is -0.128. The molecule has 0 aliphatic heterocycles. The van der Waals surface area contributed by atoms with Gasteiger partial charge in [-0.25, -0.2) is 5.48 Å². The maximum Gasteiger partial charge on any atom is 0.256 e. The third-order valence-corrected chi connectivity index (χ3v) is 4.09. The average molecular weight is 283 g/mol. The van der Waals surface area contributed by atoms with Crippen LogP contribution in [0.3, 0.4) is 0 Å². The number of rotatable bonds is 8. The first kappa shape index (κ1) is 15.9. The molecule has 5 heteroatoms. The fraction of sp³-hybridized carbons (Fsp3) is 0.500. The number of hydroxylamine groups is 1. The number of thioether (sulfide) groups is 1. The maximum absolute atomic E-state index is 11.6. The molecule has 1 rings (SSSR count). The van der Waals surface area contributed by atoms with E-state index in [4.69, 9.17) is 9.94 Å². The van der Waals surface area contributed by atoms with Crippen LogP contribution in [0.1, 0.15) is 32.6 Å². The Morgan fingerprint density at radius 3 is 2.58 bits per heavy atom. The van der Waals surface area contributed by atoms with Gasteiger partial charge in [0.05, 0.1) is 12.4 Å². The molecule has 1 unspecified atom stereocenters. The van der Waals surface area contributed by atoms with E-state index in [-0.39, 0.29) is 11.2 Å². The molecule has 106 valence electrons. The van der Waals surface area contributed by atoms with E-state index in [2.05, 4.69) is 6.92 Å². The van der Waals surface area contributed by atoms with Crippen LogP contribution in [-0.2, 0) is 4.79 Å². The molecular formula is C14H21NO3S. The molecule has 0 saturated carbocycles. The molecule has 4 nitrogen and oxygen atoms in total. The molecule has 0 radical (unpaired) electrons. The third kappa shape index (κ3) is 5.53. The highest BCUT2D eigenvalue weighted by molar-refractivity contribution is 8.00. The lowest BCUT2D eigenvalue weighted by atomic mass is 10.1. The van der Waals surface area contributed by atoms with E-state index in [1.165, 1.54) is 11.8 Å². The summed E-state index contributed by atoms with van der Waals surface area (Å²) in [4.78, 5) is 12.6. The summed E-state index contributed by atoms with van der Waals surface area (Å²) in [5, 5.41) is 8.53. The van der Waals surface area contributed by atoms with Crippen LogP contribution in [0.5, 0.6) is 5.75 Å². The minimum Gasteiger partial charge on any atom is -0.497 e. The predicted molar refractivity (Wildman–Crippen MR) is 76.7 cm³/mol. The van der Waals surface area contributed by atoms with Crippen molar-refractivity contribution < 1.29 is 14.7 Å². The number of hydrogen-bond acceptors (Lipinski definition) is 4. The second kappa shape index (κ2) is 8.82. The smallest absolute Gasteiger partial charge is 0.256 e. The highest BCUT2D eigenvalue weighted by Gasteiger charge is 2.18. The highest BCUT2D eigenvalue weighted by Crippen LogP contribution is 2.28. The quantitative estimate of drug-likeness (QED) is 0.333. The van der Waals surface area contributed by atoms with Crippen LogP contribution in [0.2, 0.25) is 0 Å². The van der Waals surface area contributed by atoms with Crippen molar-refractivity contribution in [2.45, 2.75) is 42.8 Å².